The van der Waals surface area contributed by atoms with Gasteiger partial charge in [0, 0.05) is 37.8 Å². The number of rotatable bonds is 5. The monoisotopic (exact) mass is 421 g/mol. The zero-order chi connectivity index (χ0) is 21.5. The lowest BCUT2D eigenvalue weighted by Crippen LogP contribution is -2.40. The van der Waals surface area contributed by atoms with Crippen LogP contribution in [-0.2, 0) is 11.3 Å². The highest BCUT2D eigenvalue weighted by molar-refractivity contribution is 5.81. The fraction of sp³-hybridized carbons (Fsp3) is 0.545. The maximum absolute atomic E-state index is 12.7. The molecule has 1 aliphatic carbocycles. The fourth-order valence-corrected chi connectivity index (χ4v) is 4.57. The van der Waals surface area contributed by atoms with Gasteiger partial charge in [-0.15, -0.1) is 0 Å². The molecule has 9 heteroatoms. The van der Waals surface area contributed by atoms with Gasteiger partial charge in [-0.2, -0.15) is 4.98 Å². The summed E-state index contributed by atoms with van der Waals surface area (Å²) in [5.41, 5.74) is 2.17. The van der Waals surface area contributed by atoms with Crippen molar-refractivity contribution in [1.82, 2.24) is 34.4 Å². The zero-order valence-electron chi connectivity index (χ0n) is 18.2. The van der Waals surface area contributed by atoms with Crippen molar-refractivity contribution >= 4 is 17.1 Å². The Morgan fingerprint density at radius 2 is 1.97 bits per heavy atom. The molecule has 3 aromatic rings. The van der Waals surface area contributed by atoms with Crippen molar-refractivity contribution in [3.63, 3.8) is 0 Å². The summed E-state index contributed by atoms with van der Waals surface area (Å²) in [7, 11) is 0. The predicted octanol–water partition coefficient (Wildman–Crippen LogP) is 2.64. The summed E-state index contributed by atoms with van der Waals surface area (Å²) in [5, 5.41) is 0. The van der Waals surface area contributed by atoms with Gasteiger partial charge in [0.2, 0.25) is 11.8 Å². The van der Waals surface area contributed by atoms with Gasteiger partial charge in [-0.05, 0) is 32.6 Å². The molecule has 1 saturated carbocycles. The minimum atomic E-state index is -0.0857. The van der Waals surface area contributed by atoms with Crippen LogP contribution in [0, 0.1) is 18.8 Å². The van der Waals surface area contributed by atoms with Gasteiger partial charge >= 0.3 is 0 Å². The Hall–Kier alpha value is -3.10. The van der Waals surface area contributed by atoms with Crippen LogP contribution in [0.2, 0.25) is 0 Å². The molecule has 3 aromatic heterocycles. The Kier molecular flexibility index (Phi) is 5.03. The summed E-state index contributed by atoms with van der Waals surface area (Å²) in [6.45, 7) is 8.13. The second-order valence-electron chi connectivity index (χ2n) is 8.64. The minimum Gasteiger partial charge on any atom is -0.471 e. The molecule has 0 N–H and O–H groups in total. The predicted molar refractivity (Wildman–Crippen MR) is 114 cm³/mol. The van der Waals surface area contributed by atoms with Crippen LogP contribution < -0.4 is 4.74 Å². The van der Waals surface area contributed by atoms with E-state index < -0.39 is 0 Å². The number of hydrogen-bond donors (Lipinski definition) is 0. The molecule has 1 saturated heterocycles. The number of nitrogens with zero attached hydrogens (tertiary/aromatic N) is 7. The quantitative estimate of drug-likeness (QED) is 0.624. The van der Waals surface area contributed by atoms with Gasteiger partial charge in [-0.3, -0.25) is 4.79 Å². The highest BCUT2D eigenvalue weighted by atomic mass is 16.5. The zero-order valence-corrected chi connectivity index (χ0v) is 18.2. The molecule has 0 bridgehead atoms. The van der Waals surface area contributed by atoms with Gasteiger partial charge in [0.15, 0.2) is 11.2 Å². The van der Waals surface area contributed by atoms with E-state index >= 15 is 0 Å². The van der Waals surface area contributed by atoms with Gasteiger partial charge in [0.25, 0.3) is 0 Å². The van der Waals surface area contributed by atoms with Gasteiger partial charge in [-0.25, -0.2) is 19.9 Å². The molecule has 162 valence electrons. The number of imidazole rings is 1. The topological polar surface area (TPSA) is 98.9 Å². The molecule has 0 aromatic carbocycles. The third-order valence-corrected chi connectivity index (χ3v) is 6.31. The highest BCUT2D eigenvalue weighted by Gasteiger charge is 2.37. The Balaban J connectivity index is 1.38. The first-order valence-corrected chi connectivity index (χ1v) is 11.0. The van der Waals surface area contributed by atoms with E-state index in [0.29, 0.717) is 36.2 Å². The third-order valence-electron chi connectivity index (χ3n) is 6.31. The first kappa shape index (κ1) is 19.8. The van der Waals surface area contributed by atoms with Crippen LogP contribution in [-0.4, -0.2) is 59.5 Å². The van der Waals surface area contributed by atoms with E-state index in [1.165, 1.54) is 6.33 Å². The first-order valence-electron chi connectivity index (χ1n) is 11.0. The lowest BCUT2D eigenvalue weighted by Gasteiger charge is -2.34. The molecule has 2 fully saturated rings. The number of fused-ring (bicyclic) bond motifs is 1. The maximum Gasteiger partial charge on any atom is 0.245 e. The van der Waals surface area contributed by atoms with Crippen LogP contribution in [0.1, 0.15) is 38.9 Å². The molecule has 1 amide bonds. The summed E-state index contributed by atoms with van der Waals surface area (Å²) in [5.74, 6) is 3.05. The van der Waals surface area contributed by atoms with Gasteiger partial charge in [0.1, 0.15) is 24.1 Å². The molecule has 2 aliphatic rings. The fourth-order valence-electron chi connectivity index (χ4n) is 4.57. The second kappa shape index (κ2) is 7.86. The molecular formula is C22H27N7O2. The molecule has 9 nitrogen and oxygen atoms in total. The van der Waals surface area contributed by atoms with Crippen LogP contribution >= 0.6 is 0 Å². The molecule has 1 aliphatic heterocycles. The number of carbonyl (C=O) groups is 1. The molecule has 4 heterocycles. The standard InChI is InChI=1S/C22H27N7O2/c1-4-29-19(16-9-23-14(3)24-10-16)27-18-20(29)25-12-26-21(18)31-17-5-6-28(11-17)22(30)15-7-13(2)8-15/h9-10,12-13,15,17H,4-8,11H2,1-3H3/t13?,15?,17-/m0/s1. The summed E-state index contributed by atoms with van der Waals surface area (Å²) < 4.78 is 8.25. The number of amides is 1. The summed E-state index contributed by atoms with van der Waals surface area (Å²) in [4.78, 5) is 36.8. The van der Waals surface area contributed by atoms with Crippen molar-refractivity contribution in [2.24, 2.45) is 11.8 Å². The van der Waals surface area contributed by atoms with E-state index in [1.807, 2.05) is 23.3 Å². The van der Waals surface area contributed by atoms with Crippen molar-refractivity contribution in [3.05, 3.63) is 24.5 Å². The third kappa shape index (κ3) is 3.62. The van der Waals surface area contributed by atoms with Gasteiger partial charge < -0.3 is 14.2 Å². The van der Waals surface area contributed by atoms with E-state index in [0.717, 1.165) is 42.8 Å². The van der Waals surface area contributed by atoms with Crippen LogP contribution in [0.15, 0.2) is 18.7 Å². The normalized spacial score (nSPS) is 23.2. The Labute approximate surface area is 180 Å². The Morgan fingerprint density at radius 3 is 2.68 bits per heavy atom. The number of likely N-dealkylation sites (tertiary alicyclic amines) is 1. The maximum atomic E-state index is 12.7. The molecular weight excluding hydrogens is 394 g/mol. The largest absolute Gasteiger partial charge is 0.471 e. The average molecular weight is 422 g/mol. The number of carbonyl (C=O) groups excluding carboxylic acids is 1. The second-order valence-corrected chi connectivity index (χ2v) is 8.64. The number of aromatic nitrogens is 6. The Bertz CT molecular complexity index is 1100. The number of ether oxygens (including phenoxy) is 1. The number of aryl methyl sites for hydroxylation is 2. The van der Waals surface area contributed by atoms with E-state index in [9.17, 15) is 4.79 Å². The molecule has 0 spiro atoms. The van der Waals surface area contributed by atoms with Gasteiger partial charge in [-0.1, -0.05) is 6.92 Å². The van der Waals surface area contributed by atoms with Crippen molar-refractivity contribution in [2.75, 3.05) is 13.1 Å². The molecule has 31 heavy (non-hydrogen) atoms. The Morgan fingerprint density at radius 1 is 1.19 bits per heavy atom. The SMILES string of the molecule is CCn1c(-c2cnc(C)nc2)nc2c(O[C@H]3CCN(C(=O)C4CC(C)C4)C3)ncnc21. The lowest BCUT2D eigenvalue weighted by molar-refractivity contribution is -0.138. The van der Waals surface area contributed by atoms with Crippen molar-refractivity contribution < 1.29 is 9.53 Å². The smallest absolute Gasteiger partial charge is 0.245 e. The van der Waals surface area contributed by atoms with Crippen molar-refractivity contribution in [2.45, 2.75) is 52.7 Å². The van der Waals surface area contributed by atoms with Crippen molar-refractivity contribution in [1.29, 1.82) is 0 Å². The van der Waals surface area contributed by atoms with E-state index in [2.05, 4.69) is 26.9 Å². The molecule has 5 rings (SSSR count). The van der Waals surface area contributed by atoms with E-state index in [-0.39, 0.29) is 17.9 Å². The van der Waals surface area contributed by atoms with Gasteiger partial charge in [0.05, 0.1) is 12.1 Å². The lowest BCUT2D eigenvalue weighted by atomic mass is 9.75. The summed E-state index contributed by atoms with van der Waals surface area (Å²) in [6.07, 6.45) is 7.77. The number of hydrogen-bond acceptors (Lipinski definition) is 7. The summed E-state index contributed by atoms with van der Waals surface area (Å²) in [6, 6.07) is 0. The van der Waals surface area contributed by atoms with Crippen molar-refractivity contribution in [3.8, 4) is 17.3 Å². The minimum absolute atomic E-state index is 0.0857. The van der Waals surface area contributed by atoms with Crippen LogP contribution in [0.5, 0.6) is 5.88 Å². The van der Waals surface area contributed by atoms with Crippen LogP contribution in [0.4, 0.5) is 0 Å². The van der Waals surface area contributed by atoms with E-state index in [1.54, 1.807) is 12.4 Å². The molecule has 0 unspecified atom stereocenters. The molecule has 0 radical (unpaired) electrons. The molecule has 1 atom stereocenters. The summed E-state index contributed by atoms with van der Waals surface area (Å²) >= 11 is 0. The average Bonchev–Trinajstić information content (AvgIpc) is 3.36. The van der Waals surface area contributed by atoms with E-state index in [4.69, 9.17) is 9.72 Å². The first-order chi connectivity index (χ1) is 15.0. The van der Waals surface area contributed by atoms with Crippen LogP contribution in [0.25, 0.3) is 22.6 Å². The van der Waals surface area contributed by atoms with Crippen LogP contribution in [0.3, 0.4) is 0 Å². The highest BCUT2D eigenvalue weighted by Crippen LogP contribution is 2.35.